The Morgan fingerprint density at radius 3 is 2.53 bits per heavy atom. The molecule has 2 amide bonds. The number of nitrogens with zero attached hydrogens (tertiary/aromatic N) is 5. The standard InChI is InChI=1S/C25H32N6O5/c1-16-9-11-20(35-16)23(25(33)26-18-6-3-4-7-18)30(14-19-8-5-13-34-19)22(32)15-31-28-24(27-29-31)21-12-10-17(2)36-21/h9-12,18-19,23H,3-8,13-15H2,1-2H3,(H,26,33)/t19-,23-/m0/s1. The van der Waals surface area contributed by atoms with Crippen molar-refractivity contribution in [3.63, 3.8) is 0 Å². The van der Waals surface area contributed by atoms with E-state index in [4.69, 9.17) is 13.6 Å². The van der Waals surface area contributed by atoms with E-state index in [2.05, 4.69) is 20.7 Å². The van der Waals surface area contributed by atoms with E-state index in [-0.39, 0.29) is 37.0 Å². The first-order chi connectivity index (χ1) is 17.5. The van der Waals surface area contributed by atoms with Crippen LogP contribution >= 0.6 is 0 Å². The number of hydrogen-bond acceptors (Lipinski definition) is 8. The van der Waals surface area contributed by atoms with Crippen LogP contribution in [0.1, 0.15) is 61.8 Å². The van der Waals surface area contributed by atoms with E-state index in [1.807, 2.05) is 19.9 Å². The molecule has 3 aromatic heterocycles. The third-order valence-electron chi connectivity index (χ3n) is 6.73. The number of aryl methyl sites for hydroxylation is 2. The fraction of sp³-hybridized carbons (Fsp3) is 0.560. The molecule has 2 atom stereocenters. The zero-order valence-electron chi connectivity index (χ0n) is 20.7. The minimum Gasteiger partial charge on any atom is -0.464 e. The Hall–Kier alpha value is -3.47. The van der Waals surface area contributed by atoms with Gasteiger partial charge >= 0.3 is 0 Å². The van der Waals surface area contributed by atoms with Crippen molar-refractivity contribution in [3.05, 3.63) is 41.5 Å². The molecule has 0 aromatic carbocycles. The van der Waals surface area contributed by atoms with Crippen LogP contribution in [0.4, 0.5) is 0 Å². The van der Waals surface area contributed by atoms with Gasteiger partial charge in [0.15, 0.2) is 11.8 Å². The summed E-state index contributed by atoms with van der Waals surface area (Å²) in [6.07, 6.45) is 5.63. The Kier molecular flexibility index (Phi) is 7.17. The molecule has 5 rings (SSSR count). The largest absolute Gasteiger partial charge is 0.464 e. The van der Waals surface area contributed by atoms with Crippen molar-refractivity contribution in [1.82, 2.24) is 30.4 Å². The minimum atomic E-state index is -0.924. The topological polar surface area (TPSA) is 129 Å². The van der Waals surface area contributed by atoms with Crippen molar-refractivity contribution < 1.29 is 23.2 Å². The second-order valence-electron chi connectivity index (χ2n) is 9.58. The van der Waals surface area contributed by atoms with Gasteiger partial charge < -0.3 is 23.8 Å². The fourth-order valence-corrected chi connectivity index (χ4v) is 4.91. The molecule has 0 spiro atoms. The number of carbonyl (C=O) groups excluding carboxylic acids is 2. The van der Waals surface area contributed by atoms with E-state index in [1.165, 1.54) is 4.80 Å². The van der Waals surface area contributed by atoms with Gasteiger partial charge in [0.25, 0.3) is 5.91 Å². The first-order valence-corrected chi connectivity index (χ1v) is 12.6. The predicted molar refractivity (Wildman–Crippen MR) is 128 cm³/mol. The number of aromatic nitrogens is 4. The van der Waals surface area contributed by atoms with Crippen LogP contribution in [0.15, 0.2) is 33.1 Å². The second-order valence-corrected chi connectivity index (χ2v) is 9.58. The normalized spacial score (nSPS) is 19.0. The van der Waals surface area contributed by atoms with Crippen LogP contribution in [-0.4, -0.2) is 62.2 Å². The molecule has 0 unspecified atom stereocenters. The van der Waals surface area contributed by atoms with Gasteiger partial charge in [0.1, 0.15) is 23.8 Å². The molecule has 4 heterocycles. The smallest absolute Gasteiger partial charge is 0.250 e. The van der Waals surface area contributed by atoms with Gasteiger partial charge in [-0.25, -0.2) is 0 Å². The van der Waals surface area contributed by atoms with E-state index >= 15 is 0 Å². The fourth-order valence-electron chi connectivity index (χ4n) is 4.91. The third kappa shape index (κ3) is 5.51. The quantitative estimate of drug-likeness (QED) is 0.479. The lowest BCUT2D eigenvalue weighted by atomic mass is 10.1. The number of nitrogens with one attached hydrogen (secondary N) is 1. The summed E-state index contributed by atoms with van der Waals surface area (Å²) in [5.74, 6) is 2.01. The van der Waals surface area contributed by atoms with Crippen molar-refractivity contribution in [2.75, 3.05) is 13.2 Å². The van der Waals surface area contributed by atoms with Gasteiger partial charge in [0, 0.05) is 19.2 Å². The maximum Gasteiger partial charge on any atom is 0.250 e. The average Bonchev–Trinajstić information content (AvgIpc) is 3.66. The summed E-state index contributed by atoms with van der Waals surface area (Å²) in [6.45, 7) is 4.36. The van der Waals surface area contributed by atoms with E-state index in [0.717, 1.165) is 44.3 Å². The zero-order valence-corrected chi connectivity index (χ0v) is 20.7. The van der Waals surface area contributed by atoms with Crippen LogP contribution in [-0.2, 0) is 20.9 Å². The van der Waals surface area contributed by atoms with Gasteiger partial charge in [0.2, 0.25) is 11.7 Å². The molecule has 11 nitrogen and oxygen atoms in total. The molecule has 1 aliphatic carbocycles. The van der Waals surface area contributed by atoms with E-state index in [1.54, 1.807) is 23.1 Å². The number of furan rings is 2. The Labute approximate surface area is 209 Å². The lowest BCUT2D eigenvalue weighted by Gasteiger charge is -2.32. The molecule has 0 bridgehead atoms. The summed E-state index contributed by atoms with van der Waals surface area (Å²) in [4.78, 5) is 30.1. The number of amides is 2. The highest BCUT2D eigenvalue weighted by Gasteiger charge is 2.37. The molecule has 0 radical (unpaired) electrons. The van der Waals surface area contributed by atoms with Crippen molar-refractivity contribution in [3.8, 4) is 11.6 Å². The van der Waals surface area contributed by atoms with Crippen molar-refractivity contribution in [2.24, 2.45) is 0 Å². The third-order valence-corrected chi connectivity index (χ3v) is 6.73. The van der Waals surface area contributed by atoms with Gasteiger partial charge in [0.05, 0.1) is 6.10 Å². The van der Waals surface area contributed by atoms with Crippen LogP contribution in [0.2, 0.25) is 0 Å². The van der Waals surface area contributed by atoms with Crippen LogP contribution in [0, 0.1) is 13.8 Å². The lowest BCUT2D eigenvalue weighted by molar-refractivity contribution is -0.144. The van der Waals surface area contributed by atoms with E-state index in [9.17, 15) is 9.59 Å². The van der Waals surface area contributed by atoms with Gasteiger partial charge in [-0.15, -0.1) is 10.2 Å². The number of rotatable bonds is 9. The maximum atomic E-state index is 13.7. The highest BCUT2D eigenvalue weighted by molar-refractivity contribution is 5.88. The number of tetrazole rings is 1. The summed E-state index contributed by atoms with van der Waals surface area (Å²) < 4.78 is 17.3. The highest BCUT2D eigenvalue weighted by Crippen LogP contribution is 2.28. The molecule has 1 aliphatic heterocycles. The summed E-state index contributed by atoms with van der Waals surface area (Å²) in [6, 6.07) is 6.30. The Morgan fingerprint density at radius 2 is 1.86 bits per heavy atom. The molecule has 36 heavy (non-hydrogen) atoms. The van der Waals surface area contributed by atoms with Crippen LogP contribution in [0.25, 0.3) is 11.6 Å². The van der Waals surface area contributed by atoms with E-state index in [0.29, 0.717) is 29.7 Å². The number of carbonyl (C=O) groups is 2. The van der Waals surface area contributed by atoms with Crippen molar-refractivity contribution in [1.29, 1.82) is 0 Å². The Morgan fingerprint density at radius 1 is 1.08 bits per heavy atom. The van der Waals surface area contributed by atoms with E-state index < -0.39 is 6.04 Å². The summed E-state index contributed by atoms with van der Waals surface area (Å²) in [5.41, 5.74) is 0. The van der Waals surface area contributed by atoms with Gasteiger partial charge in [-0.1, -0.05) is 12.8 Å². The van der Waals surface area contributed by atoms with Gasteiger partial charge in [-0.05, 0) is 69.0 Å². The van der Waals surface area contributed by atoms with Crippen LogP contribution < -0.4 is 5.32 Å². The lowest BCUT2D eigenvalue weighted by Crippen LogP contribution is -2.49. The molecule has 1 N–H and O–H groups in total. The van der Waals surface area contributed by atoms with Gasteiger partial charge in [-0.2, -0.15) is 4.80 Å². The predicted octanol–water partition coefficient (Wildman–Crippen LogP) is 2.95. The monoisotopic (exact) mass is 496 g/mol. The highest BCUT2D eigenvalue weighted by atomic mass is 16.5. The van der Waals surface area contributed by atoms with Crippen molar-refractivity contribution in [2.45, 2.75) is 77.1 Å². The average molecular weight is 497 g/mol. The molecular formula is C25H32N6O5. The zero-order chi connectivity index (χ0) is 25.1. The Bertz CT molecular complexity index is 1190. The number of ether oxygens (including phenoxy) is 1. The molecule has 11 heteroatoms. The molecule has 2 aliphatic rings. The van der Waals surface area contributed by atoms with Crippen molar-refractivity contribution >= 4 is 11.8 Å². The Balaban J connectivity index is 1.41. The van der Waals surface area contributed by atoms with Crippen LogP contribution in [0.3, 0.4) is 0 Å². The molecule has 192 valence electrons. The molecule has 3 aromatic rings. The first kappa shape index (κ1) is 24.2. The number of hydrogen-bond donors (Lipinski definition) is 1. The molecule has 2 fully saturated rings. The second kappa shape index (κ2) is 10.7. The summed E-state index contributed by atoms with van der Waals surface area (Å²) in [7, 11) is 0. The molecule has 1 saturated carbocycles. The maximum absolute atomic E-state index is 13.7. The van der Waals surface area contributed by atoms with Gasteiger partial charge in [-0.3, -0.25) is 9.59 Å². The minimum absolute atomic E-state index is 0.104. The molecular weight excluding hydrogens is 464 g/mol. The first-order valence-electron chi connectivity index (χ1n) is 12.6. The summed E-state index contributed by atoms with van der Waals surface area (Å²) in [5, 5.41) is 15.5. The summed E-state index contributed by atoms with van der Waals surface area (Å²) >= 11 is 0. The molecule has 1 saturated heterocycles. The van der Waals surface area contributed by atoms with Crippen LogP contribution in [0.5, 0.6) is 0 Å². The SMILES string of the molecule is Cc1ccc(-c2nnn(CC(=O)N(C[C@@H]3CCCO3)[C@H](C(=O)NC3CCCC3)c3ccc(C)o3)n2)o1.